The molecule has 6 aromatic heterocycles. The number of imidazole rings is 1. The van der Waals surface area contributed by atoms with Crippen molar-refractivity contribution in [1.29, 1.82) is 0 Å². The van der Waals surface area contributed by atoms with E-state index >= 15 is 0 Å². The van der Waals surface area contributed by atoms with E-state index in [9.17, 15) is 0 Å². The van der Waals surface area contributed by atoms with Crippen LogP contribution >= 0.6 is 11.3 Å². The van der Waals surface area contributed by atoms with Gasteiger partial charge in [-0.25, -0.2) is 15.0 Å². The van der Waals surface area contributed by atoms with Crippen molar-refractivity contribution in [2.24, 2.45) is 0 Å². The first kappa shape index (κ1) is 17.0. The third kappa shape index (κ3) is 2.61. The summed E-state index contributed by atoms with van der Waals surface area (Å²) in [6.45, 7) is 2.05. The van der Waals surface area contributed by atoms with Crippen LogP contribution in [0.5, 0.6) is 0 Å². The maximum absolute atomic E-state index is 4.87. The van der Waals surface area contributed by atoms with Crippen LogP contribution in [0.25, 0.3) is 56.1 Å². The first-order valence-corrected chi connectivity index (χ1v) is 10.4. The summed E-state index contributed by atoms with van der Waals surface area (Å²) in [5.41, 5.74) is 9.00. The molecule has 0 amide bonds. The maximum Gasteiger partial charge on any atom is 0.178 e. The van der Waals surface area contributed by atoms with E-state index in [2.05, 4.69) is 48.9 Å². The van der Waals surface area contributed by atoms with Gasteiger partial charge in [0.1, 0.15) is 5.52 Å². The average Bonchev–Trinajstić information content (AvgIpc) is 3.51. The summed E-state index contributed by atoms with van der Waals surface area (Å²) in [5, 5.41) is 11.7. The summed E-state index contributed by atoms with van der Waals surface area (Å²) in [6.07, 6.45) is 5.40. The summed E-state index contributed by atoms with van der Waals surface area (Å²) in [6, 6.07) is 10.0. The van der Waals surface area contributed by atoms with Crippen molar-refractivity contribution in [3.63, 3.8) is 0 Å². The molecule has 6 rings (SSSR count). The van der Waals surface area contributed by atoms with Crippen molar-refractivity contribution in [3.8, 4) is 33.9 Å². The Morgan fingerprint density at radius 1 is 0.967 bits per heavy atom. The Morgan fingerprint density at radius 2 is 1.93 bits per heavy atom. The normalized spacial score (nSPS) is 11.5. The van der Waals surface area contributed by atoms with Crippen molar-refractivity contribution in [3.05, 3.63) is 65.2 Å². The molecule has 144 valence electrons. The van der Waals surface area contributed by atoms with Crippen LogP contribution in [0.3, 0.4) is 0 Å². The topological polar surface area (TPSA) is 96.0 Å². The predicted molar refractivity (Wildman–Crippen MR) is 118 cm³/mol. The maximum atomic E-state index is 4.87. The molecule has 0 aromatic carbocycles. The van der Waals surface area contributed by atoms with Gasteiger partial charge >= 0.3 is 0 Å². The largest absolute Gasteiger partial charge is 0.335 e. The van der Waals surface area contributed by atoms with E-state index in [1.54, 1.807) is 23.7 Å². The van der Waals surface area contributed by atoms with Gasteiger partial charge in [-0.2, -0.15) is 16.4 Å². The predicted octanol–water partition coefficient (Wildman–Crippen LogP) is 5.00. The third-order valence-electron chi connectivity index (χ3n) is 5.17. The standard InChI is InChI=1S/C22H15N7S/c1-12-4-7-23-10-15(12)16-2-3-17-19(25-16)20(29-28-17)22-26-18-14(13-6-9-30-11-13)5-8-24-21(18)27-22/h2-11H,1H3,(H,28,29)(H,24,26,27). The SMILES string of the molecule is Cc1ccncc1-c1ccc2[nH]nc(-c3nc4nccc(-c5ccsc5)c4[nH]3)c2n1. The van der Waals surface area contributed by atoms with E-state index < -0.39 is 0 Å². The second-order valence-corrected chi connectivity index (χ2v) is 7.79. The fourth-order valence-corrected chi connectivity index (χ4v) is 4.28. The first-order chi connectivity index (χ1) is 14.8. The highest BCUT2D eigenvalue weighted by Crippen LogP contribution is 2.32. The van der Waals surface area contributed by atoms with Gasteiger partial charge in [0.25, 0.3) is 0 Å². The third-order valence-corrected chi connectivity index (χ3v) is 5.85. The zero-order valence-electron chi connectivity index (χ0n) is 15.9. The zero-order chi connectivity index (χ0) is 20.1. The fourth-order valence-electron chi connectivity index (χ4n) is 3.63. The fraction of sp³-hybridized carbons (Fsp3) is 0.0455. The van der Waals surface area contributed by atoms with Crippen molar-refractivity contribution in [1.82, 2.24) is 35.1 Å². The van der Waals surface area contributed by atoms with Gasteiger partial charge in [0.05, 0.1) is 16.7 Å². The number of nitrogens with zero attached hydrogens (tertiary/aromatic N) is 5. The lowest BCUT2D eigenvalue weighted by molar-refractivity contribution is 1.10. The zero-order valence-corrected chi connectivity index (χ0v) is 16.7. The Labute approximate surface area is 174 Å². The number of hydrogen-bond acceptors (Lipinski definition) is 6. The molecule has 6 aromatic rings. The van der Waals surface area contributed by atoms with E-state index in [-0.39, 0.29) is 0 Å². The minimum Gasteiger partial charge on any atom is -0.335 e. The number of aromatic amines is 2. The van der Waals surface area contributed by atoms with Gasteiger partial charge in [-0.3, -0.25) is 10.1 Å². The van der Waals surface area contributed by atoms with E-state index in [0.717, 1.165) is 44.5 Å². The van der Waals surface area contributed by atoms with Crippen LogP contribution in [0.15, 0.2) is 59.7 Å². The van der Waals surface area contributed by atoms with Crippen LogP contribution in [0.2, 0.25) is 0 Å². The molecule has 30 heavy (non-hydrogen) atoms. The molecule has 0 fully saturated rings. The van der Waals surface area contributed by atoms with Crippen LogP contribution in [-0.4, -0.2) is 35.1 Å². The molecule has 0 aliphatic rings. The van der Waals surface area contributed by atoms with E-state index in [0.29, 0.717) is 17.2 Å². The lowest BCUT2D eigenvalue weighted by Crippen LogP contribution is -1.90. The Kier molecular flexibility index (Phi) is 3.72. The Hall–Kier alpha value is -3.91. The molecule has 0 aliphatic carbocycles. The Balaban J connectivity index is 1.53. The molecular weight excluding hydrogens is 394 g/mol. The number of nitrogens with one attached hydrogen (secondary N) is 2. The summed E-state index contributed by atoms with van der Waals surface area (Å²) in [7, 11) is 0. The molecule has 0 unspecified atom stereocenters. The second-order valence-electron chi connectivity index (χ2n) is 7.01. The monoisotopic (exact) mass is 409 g/mol. The molecule has 2 N–H and O–H groups in total. The second kappa shape index (κ2) is 6.57. The molecule has 0 saturated heterocycles. The summed E-state index contributed by atoms with van der Waals surface area (Å²) in [5.74, 6) is 0.638. The number of thiophene rings is 1. The minimum absolute atomic E-state index is 0.638. The van der Waals surface area contributed by atoms with Gasteiger partial charge in [-0.1, -0.05) is 0 Å². The van der Waals surface area contributed by atoms with Gasteiger partial charge in [0, 0.05) is 29.7 Å². The van der Waals surface area contributed by atoms with Crippen molar-refractivity contribution in [2.75, 3.05) is 0 Å². The molecule has 0 radical (unpaired) electrons. The van der Waals surface area contributed by atoms with Crippen LogP contribution in [0.4, 0.5) is 0 Å². The molecule has 0 saturated carbocycles. The molecule has 0 atom stereocenters. The highest BCUT2D eigenvalue weighted by Gasteiger charge is 2.17. The lowest BCUT2D eigenvalue weighted by atomic mass is 10.1. The number of aryl methyl sites for hydroxylation is 1. The quantitative estimate of drug-likeness (QED) is 0.429. The molecule has 6 heterocycles. The molecule has 0 aliphatic heterocycles. The Morgan fingerprint density at radius 3 is 2.80 bits per heavy atom. The van der Waals surface area contributed by atoms with E-state index in [1.165, 1.54) is 0 Å². The van der Waals surface area contributed by atoms with Crippen molar-refractivity contribution >= 4 is 33.5 Å². The van der Waals surface area contributed by atoms with E-state index in [4.69, 9.17) is 9.97 Å². The van der Waals surface area contributed by atoms with Gasteiger partial charge in [-0.15, -0.1) is 0 Å². The van der Waals surface area contributed by atoms with Crippen LogP contribution in [-0.2, 0) is 0 Å². The van der Waals surface area contributed by atoms with Gasteiger partial charge in [0.15, 0.2) is 17.2 Å². The van der Waals surface area contributed by atoms with Gasteiger partial charge < -0.3 is 4.98 Å². The number of pyridine rings is 3. The molecular formula is C22H15N7S. The summed E-state index contributed by atoms with van der Waals surface area (Å²) < 4.78 is 0. The van der Waals surface area contributed by atoms with Crippen LogP contribution in [0.1, 0.15) is 5.56 Å². The number of hydrogen-bond donors (Lipinski definition) is 2. The number of H-pyrrole nitrogens is 2. The Bertz CT molecular complexity index is 1510. The highest BCUT2D eigenvalue weighted by atomic mass is 32.1. The molecule has 0 bridgehead atoms. The van der Waals surface area contributed by atoms with Gasteiger partial charge in [0.2, 0.25) is 0 Å². The van der Waals surface area contributed by atoms with Crippen LogP contribution in [0, 0.1) is 6.92 Å². The number of fused-ring (bicyclic) bond motifs is 2. The molecule has 7 nitrogen and oxygen atoms in total. The lowest BCUT2D eigenvalue weighted by Gasteiger charge is -2.04. The minimum atomic E-state index is 0.638. The average molecular weight is 409 g/mol. The van der Waals surface area contributed by atoms with Crippen molar-refractivity contribution in [2.45, 2.75) is 6.92 Å². The van der Waals surface area contributed by atoms with Crippen LogP contribution < -0.4 is 0 Å². The smallest absolute Gasteiger partial charge is 0.178 e. The first-order valence-electron chi connectivity index (χ1n) is 9.42. The molecule has 8 heteroatoms. The summed E-state index contributed by atoms with van der Waals surface area (Å²) in [4.78, 5) is 21.7. The summed E-state index contributed by atoms with van der Waals surface area (Å²) >= 11 is 1.66. The molecule has 0 spiro atoms. The van der Waals surface area contributed by atoms with E-state index in [1.807, 2.05) is 30.5 Å². The van der Waals surface area contributed by atoms with Gasteiger partial charge in [-0.05, 0) is 59.1 Å². The number of aromatic nitrogens is 7. The highest BCUT2D eigenvalue weighted by molar-refractivity contribution is 7.08. The number of rotatable bonds is 3. The van der Waals surface area contributed by atoms with Crippen molar-refractivity contribution < 1.29 is 0 Å².